The highest BCUT2D eigenvalue weighted by Gasteiger charge is 2.37. The Bertz CT molecular complexity index is 958. The molecule has 1 aliphatic carbocycles. The van der Waals surface area contributed by atoms with Crippen LogP contribution in [0.1, 0.15) is 47.1 Å². The molecule has 0 spiro atoms. The average molecular weight is 471 g/mol. The number of alkyl halides is 3. The van der Waals surface area contributed by atoms with E-state index in [2.05, 4.69) is 15.9 Å². The Hall–Kier alpha value is -2.22. The molecule has 2 aromatic rings. The van der Waals surface area contributed by atoms with E-state index in [0.29, 0.717) is 36.5 Å². The van der Waals surface area contributed by atoms with Gasteiger partial charge in [0.05, 0.1) is 25.7 Å². The summed E-state index contributed by atoms with van der Waals surface area (Å²) in [5, 5.41) is 0. The standard InChI is InChI=1S/C21H18BrF3O4/c1-27-19(26)8-11-10-28-18-9-12(2-3-13(11)18)29-17-7-5-15-14(17)4-6-16(20(15)22)21(23,24)25/h2-4,6,9,11,17H,5,7-8,10H2,1H3/t11-,17?/m1/s1. The zero-order valence-electron chi connectivity index (χ0n) is 15.5. The fraction of sp³-hybridized carbons (Fsp3) is 0.381. The molecule has 0 fully saturated rings. The summed E-state index contributed by atoms with van der Waals surface area (Å²) in [7, 11) is 1.35. The van der Waals surface area contributed by atoms with Crippen molar-refractivity contribution in [2.45, 2.75) is 37.5 Å². The van der Waals surface area contributed by atoms with Crippen LogP contribution in [0.5, 0.6) is 11.5 Å². The normalized spacial score (nSPS) is 20.0. The van der Waals surface area contributed by atoms with Crippen molar-refractivity contribution < 1.29 is 32.2 Å². The number of hydrogen-bond donors (Lipinski definition) is 0. The van der Waals surface area contributed by atoms with Gasteiger partial charge in [-0.25, -0.2) is 0 Å². The molecule has 0 bridgehead atoms. The van der Waals surface area contributed by atoms with Gasteiger partial charge in [0, 0.05) is 22.0 Å². The minimum absolute atomic E-state index is 0.0598. The van der Waals surface area contributed by atoms with Gasteiger partial charge in [0.2, 0.25) is 0 Å². The summed E-state index contributed by atoms with van der Waals surface area (Å²) in [6, 6.07) is 8.02. The SMILES string of the molecule is COC(=O)C[C@@H]1COc2cc(OC3CCc4c3ccc(C(F)(F)F)c4Br)ccc21. The van der Waals surface area contributed by atoms with Gasteiger partial charge in [-0.05, 0) is 52.0 Å². The average Bonchev–Trinajstić information content (AvgIpc) is 3.26. The first-order chi connectivity index (χ1) is 13.8. The highest BCUT2D eigenvalue weighted by molar-refractivity contribution is 9.10. The lowest BCUT2D eigenvalue weighted by Gasteiger charge is -2.17. The molecule has 29 heavy (non-hydrogen) atoms. The lowest BCUT2D eigenvalue weighted by atomic mass is 9.98. The van der Waals surface area contributed by atoms with Crippen molar-refractivity contribution in [1.82, 2.24) is 0 Å². The van der Waals surface area contributed by atoms with Gasteiger partial charge in [-0.2, -0.15) is 13.2 Å². The van der Waals surface area contributed by atoms with Crippen LogP contribution in [0.2, 0.25) is 0 Å². The molecular weight excluding hydrogens is 453 g/mol. The fourth-order valence-corrected chi connectivity index (χ4v) is 4.70. The van der Waals surface area contributed by atoms with Gasteiger partial charge in [0.25, 0.3) is 0 Å². The Morgan fingerprint density at radius 3 is 2.72 bits per heavy atom. The maximum atomic E-state index is 13.1. The van der Waals surface area contributed by atoms with Crippen LogP contribution in [0.4, 0.5) is 13.2 Å². The third kappa shape index (κ3) is 3.82. The highest BCUT2D eigenvalue weighted by Crippen LogP contribution is 2.45. The minimum Gasteiger partial charge on any atom is -0.492 e. The maximum absolute atomic E-state index is 13.1. The summed E-state index contributed by atoms with van der Waals surface area (Å²) in [4.78, 5) is 11.5. The lowest BCUT2D eigenvalue weighted by molar-refractivity contribution is -0.141. The fourth-order valence-electron chi connectivity index (χ4n) is 3.91. The third-order valence-electron chi connectivity index (χ3n) is 5.37. The third-order valence-corrected chi connectivity index (χ3v) is 6.28. The monoisotopic (exact) mass is 470 g/mol. The van der Waals surface area contributed by atoms with Crippen LogP contribution in [-0.2, 0) is 22.1 Å². The highest BCUT2D eigenvalue weighted by atomic mass is 79.9. The maximum Gasteiger partial charge on any atom is 0.417 e. The number of hydrogen-bond acceptors (Lipinski definition) is 4. The molecule has 4 nitrogen and oxygen atoms in total. The number of methoxy groups -OCH3 is 1. The Kier molecular flexibility index (Phi) is 5.23. The van der Waals surface area contributed by atoms with Gasteiger partial charge in [-0.15, -0.1) is 0 Å². The first-order valence-electron chi connectivity index (χ1n) is 9.16. The summed E-state index contributed by atoms with van der Waals surface area (Å²) in [5.74, 6) is 0.883. The van der Waals surface area contributed by atoms with Crippen LogP contribution >= 0.6 is 15.9 Å². The van der Waals surface area contributed by atoms with Crippen molar-refractivity contribution in [2.75, 3.05) is 13.7 Å². The predicted molar refractivity (Wildman–Crippen MR) is 102 cm³/mol. The molecule has 1 heterocycles. The van der Waals surface area contributed by atoms with E-state index < -0.39 is 11.7 Å². The molecule has 0 amide bonds. The zero-order chi connectivity index (χ0) is 20.8. The summed E-state index contributed by atoms with van der Waals surface area (Å²) in [6.07, 6.45) is -3.38. The van der Waals surface area contributed by atoms with E-state index >= 15 is 0 Å². The lowest BCUT2D eigenvalue weighted by Crippen LogP contribution is -2.09. The topological polar surface area (TPSA) is 44.8 Å². The van der Waals surface area contributed by atoms with E-state index in [1.807, 2.05) is 6.07 Å². The van der Waals surface area contributed by atoms with E-state index in [0.717, 1.165) is 17.2 Å². The van der Waals surface area contributed by atoms with Crippen LogP contribution in [0, 0.1) is 0 Å². The molecule has 0 N–H and O–H groups in total. The van der Waals surface area contributed by atoms with Crippen molar-refractivity contribution >= 4 is 21.9 Å². The number of halogens is 4. The Morgan fingerprint density at radius 2 is 2.00 bits per heavy atom. The van der Waals surface area contributed by atoms with E-state index in [4.69, 9.17) is 14.2 Å². The molecule has 1 unspecified atom stereocenters. The van der Waals surface area contributed by atoms with E-state index in [1.54, 1.807) is 12.1 Å². The molecule has 1 aliphatic heterocycles. The summed E-state index contributed by atoms with van der Waals surface area (Å²) in [6.45, 7) is 0.396. The molecule has 0 saturated heterocycles. The smallest absolute Gasteiger partial charge is 0.417 e. The molecule has 2 aliphatic rings. The van der Waals surface area contributed by atoms with E-state index in [1.165, 1.54) is 13.2 Å². The van der Waals surface area contributed by atoms with Gasteiger partial charge in [0.15, 0.2) is 0 Å². The molecule has 4 rings (SSSR count). The summed E-state index contributed by atoms with van der Waals surface area (Å²) < 4.78 is 55.9. The zero-order valence-corrected chi connectivity index (χ0v) is 17.1. The Labute approximate surface area is 174 Å². The minimum atomic E-state index is -4.40. The number of benzene rings is 2. The van der Waals surface area contributed by atoms with Crippen molar-refractivity contribution in [2.24, 2.45) is 0 Å². The number of carbonyl (C=O) groups excluding carboxylic acids is 1. The Balaban J connectivity index is 1.53. The van der Waals surface area contributed by atoms with E-state index in [-0.39, 0.29) is 28.9 Å². The number of rotatable bonds is 4. The van der Waals surface area contributed by atoms with Gasteiger partial charge < -0.3 is 14.2 Å². The second-order valence-electron chi connectivity index (χ2n) is 7.13. The van der Waals surface area contributed by atoms with Gasteiger partial charge in [-0.3, -0.25) is 4.79 Å². The van der Waals surface area contributed by atoms with Crippen LogP contribution < -0.4 is 9.47 Å². The molecular formula is C21H18BrF3O4. The molecule has 154 valence electrons. The first kappa shape index (κ1) is 20.1. The molecule has 0 saturated carbocycles. The van der Waals surface area contributed by atoms with Gasteiger partial charge in [-0.1, -0.05) is 12.1 Å². The molecule has 8 heteroatoms. The van der Waals surface area contributed by atoms with Crippen molar-refractivity contribution in [3.8, 4) is 11.5 Å². The number of esters is 1. The van der Waals surface area contributed by atoms with Crippen LogP contribution in [0.25, 0.3) is 0 Å². The number of ether oxygens (including phenoxy) is 3. The van der Waals surface area contributed by atoms with E-state index in [9.17, 15) is 18.0 Å². The van der Waals surface area contributed by atoms with Crippen LogP contribution in [0.15, 0.2) is 34.8 Å². The van der Waals surface area contributed by atoms with Crippen molar-refractivity contribution in [3.63, 3.8) is 0 Å². The van der Waals surface area contributed by atoms with Gasteiger partial charge in [0.1, 0.15) is 17.6 Å². The van der Waals surface area contributed by atoms with Gasteiger partial charge >= 0.3 is 12.1 Å². The second kappa shape index (κ2) is 7.55. The van der Waals surface area contributed by atoms with Crippen LogP contribution in [-0.4, -0.2) is 19.7 Å². The molecule has 0 aromatic heterocycles. The molecule has 0 radical (unpaired) electrons. The molecule has 2 atom stereocenters. The van der Waals surface area contributed by atoms with Crippen molar-refractivity contribution in [3.05, 3.63) is 57.1 Å². The summed E-state index contributed by atoms with van der Waals surface area (Å²) >= 11 is 3.12. The first-order valence-corrected chi connectivity index (χ1v) is 9.96. The predicted octanol–water partition coefficient (Wildman–Crippen LogP) is 5.57. The van der Waals surface area contributed by atoms with Crippen molar-refractivity contribution in [1.29, 1.82) is 0 Å². The summed E-state index contributed by atoms with van der Waals surface area (Å²) in [5.41, 5.74) is 1.65. The largest absolute Gasteiger partial charge is 0.492 e. The molecule has 2 aromatic carbocycles. The second-order valence-corrected chi connectivity index (χ2v) is 7.92. The number of fused-ring (bicyclic) bond motifs is 2. The quantitative estimate of drug-likeness (QED) is 0.547. The van der Waals surface area contributed by atoms with Crippen LogP contribution in [0.3, 0.4) is 0 Å². The Morgan fingerprint density at radius 1 is 1.24 bits per heavy atom. The number of carbonyl (C=O) groups is 1.